The van der Waals surface area contributed by atoms with Crippen molar-refractivity contribution in [1.29, 1.82) is 0 Å². The van der Waals surface area contributed by atoms with Crippen molar-refractivity contribution < 1.29 is 14.3 Å². The molecule has 4 rings (SSSR count). The van der Waals surface area contributed by atoms with E-state index < -0.39 is 12.0 Å². The predicted octanol–water partition coefficient (Wildman–Crippen LogP) is 5.48. The van der Waals surface area contributed by atoms with Crippen molar-refractivity contribution >= 4 is 22.8 Å². The minimum absolute atomic E-state index is 0.00363. The van der Waals surface area contributed by atoms with E-state index in [4.69, 9.17) is 9.72 Å². The molecule has 1 heterocycles. The number of hydrogen-bond donors (Lipinski definition) is 0. The summed E-state index contributed by atoms with van der Waals surface area (Å²) >= 11 is 0. The summed E-state index contributed by atoms with van der Waals surface area (Å²) in [7, 11) is 0. The molecule has 0 radical (unpaired) electrons. The molecule has 0 bridgehead atoms. The van der Waals surface area contributed by atoms with Gasteiger partial charge >= 0.3 is 5.97 Å². The van der Waals surface area contributed by atoms with E-state index in [9.17, 15) is 14.4 Å². The maximum Gasteiger partial charge on any atom is 0.306 e. The Bertz CT molecular complexity index is 1530. The van der Waals surface area contributed by atoms with E-state index in [0.717, 1.165) is 16.7 Å². The molecule has 202 valence electrons. The van der Waals surface area contributed by atoms with Gasteiger partial charge in [-0.1, -0.05) is 48.5 Å². The summed E-state index contributed by atoms with van der Waals surface area (Å²) in [6.45, 7) is 8.34. The number of rotatable bonds is 10. The van der Waals surface area contributed by atoms with Crippen LogP contribution < -0.4 is 5.56 Å². The second-order valence-corrected chi connectivity index (χ2v) is 9.70. The normalized spacial score (nSPS) is 11.8. The molecule has 0 spiro atoms. The number of amides is 1. The Balaban J connectivity index is 1.79. The first-order valence-corrected chi connectivity index (χ1v) is 13.4. The second kappa shape index (κ2) is 12.5. The zero-order valence-corrected chi connectivity index (χ0v) is 23.0. The number of carbonyl (C=O) groups is 2. The van der Waals surface area contributed by atoms with Crippen LogP contribution in [0, 0.1) is 13.8 Å². The maximum absolute atomic E-state index is 13.9. The molecular weight excluding hydrogens is 490 g/mol. The largest absolute Gasteiger partial charge is 0.466 e. The van der Waals surface area contributed by atoms with Crippen molar-refractivity contribution in [2.24, 2.45) is 0 Å². The van der Waals surface area contributed by atoms with E-state index in [1.807, 2.05) is 87.5 Å². The molecule has 0 aliphatic heterocycles. The highest BCUT2D eigenvalue weighted by atomic mass is 16.5. The summed E-state index contributed by atoms with van der Waals surface area (Å²) in [5, 5.41) is 0.510. The van der Waals surface area contributed by atoms with Crippen molar-refractivity contribution in [3.63, 3.8) is 0 Å². The first kappa shape index (κ1) is 27.8. The topological polar surface area (TPSA) is 81.5 Å². The lowest BCUT2D eigenvalue weighted by Crippen LogP contribution is -2.39. The van der Waals surface area contributed by atoms with Gasteiger partial charge in [-0.15, -0.1) is 0 Å². The number of benzene rings is 3. The highest BCUT2D eigenvalue weighted by molar-refractivity contribution is 5.82. The van der Waals surface area contributed by atoms with Crippen molar-refractivity contribution in [3.05, 3.63) is 106 Å². The molecule has 0 aliphatic rings. The third-order valence-corrected chi connectivity index (χ3v) is 7.04. The Morgan fingerprint density at radius 2 is 1.67 bits per heavy atom. The van der Waals surface area contributed by atoms with E-state index in [2.05, 4.69) is 0 Å². The molecule has 7 nitrogen and oxygen atoms in total. The number of aryl methyl sites for hydroxylation is 2. The molecule has 1 aromatic heterocycles. The lowest BCUT2D eigenvalue weighted by molar-refractivity contribution is -0.146. The average Bonchev–Trinajstić information content (AvgIpc) is 2.94. The lowest BCUT2D eigenvalue weighted by atomic mass is 10.1. The zero-order chi connectivity index (χ0) is 27.9. The first-order valence-electron chi connectivity index (χ1n) is 13.4. The molecule has 0 saturated heterocycles. The molecule has 1 amide bonds. The van der Waals surface area contributed by atoms with Crippen LogP contribution in [0.5, 0.6) is 0 Å². The summed E-state index contributed by atoms with van der Waals surface area (Å²) in [4.78, 5) is 46.1. The molecule has 4 aromatic rings. The van der Waals surface area contributed by atoms with E-state index in [1.54, 1.807) is 22.5 Å². The third-order valence-electron chi connectivity index (χ3n) is 7.04. The standard InChI is InChI=1S/C32H35N3O4/c1-5-39-30(37)18-17-29(36)34(20-19-25-11-7-6-8-12-25)24(4)31-33-28-14-10-9-13-27(28)32(38)35(31)26-16-15-22(2)23(3)21-26/h6-16,21,24H,5,17-20H2,1-4H3. The van der Waals surface area contributed by atoms with Gasteiger partial charge in [0.1, 0.15) is 5.82 Å². The Hall–Kier alpha value is -4.26. The van der Waals surface area contributed by atoms with Crippen molar-refractivity contribution in [2.75, 3.05) is 13.2 Å². The first-order chi connectivity index (χ1) is 18.8. The van der Waals surface area contributed by atoms with Gasteiger partial charge in [0.2, 0.25) is 5.91 Å². The number of fused-ring (bicyclic) bond motifs is 1. The van der Waals surface area contributed by atoms with E-state index in [-0.39, 0.29) is 30.9 Å². The van der Waals surface area contributed by atoms with Gasteiger partial charge < -0.3 is 9.64 Å². The van der Waals surface area contributed by atoms with Crippen molar-refractivity contribution in [2.45, 2.75) is 53.0 Å². The lowest BCUT2D eigenvalue weighted by Gasteiger charge is -2.31. The Kier molecular flexibility index (Phi) is 8.92. The number of esters is 1. The van der Waals surface area contributed by atoms with E-state index in [1.165, 1.54) is 0 Å². The number of para-hydroxylation sites is 1. The maximum atomic E-state index is 13.9. The van der Waals surface area contributed by atoms with Gasteiger partial charge in [-0.25, -0.2) is 4.98 Å². The molecule has 0 aliphatic carbocycles. The molecule has 0 N–H and O–H groups in total. The quantitative estimate of drug-likeness (QED) is 0.256. The SMILES string of the molecule is CCOC(=O)CCC(=O)N(CCc1ccccc1)C(C)c1nc2ccccc2c(=O)n1-c1ccc(C)c(C)c1. The fraction of sp³-hybridized carbons (Fsp3) is 0.312. The monoisotopic (exact) mass is 525 g/mol. The molecular formula is C32H35N3O4. The van der Waals surface area contributed by atoms with Gasteiger partial charge in [0.25, 0.3) is 5.56 Å². The van der Waals surface area contributed by atoms with E-state index in [0.29, 0.717) is 35.4 Å². The fourth-order valence-corrected chi connectivity index (χ4v) is 4.70. The van der Waals surface area contributed by atoms with Crippen LogP contribution in [0.25, 0.3) is 16.6 Å². The number of nitrogens with zero attached hydrogens (tertiary/aromatic N) is 3. The number of aromatic nitrogens is 2. The van der Waals surface area contributed by atoms with Crippen molar-refractivity contribution in [1.82, 2.24) is 14.5 Å². The Morgan fingerprint density at radius 3 is 2.38 bits per heavy atom. The molecule has 0 saturated carbocycles. The summed E-state index contributed by atoms with van der Waals surface area (Å²) < 4.78 is 6.66. The van der Waals surface area contributed by atoms with Gasteiger partial charge in [0.15, 0.2) is 0 Å². The van der Waals surface area contributed by atoms with Gasteiger partial charge in [0, 0.05) is 13.0 Å². The van der Waals surface area contributed by atoms with Crippen LogP contribution in [-0.2, 0) is 20.7 Å². The van der Waals surface area contributed by atoms with Crippen LogP contribution in [-0.4, -0.2) is 39.5 Å². The summed E-state index contributed by atoms with van der Waals surface area (Å²) in [6.07, 6.45) is 0.632. The zero-order valence-electron chi connectivity index (χ0n) is 23.0. The summed E-state index contributed by atoms with van der Waals surface area (Å²) in [5.74, 6) is -0.127. The fourth-order valence-electron chi connectivity index (χ4n) is 4.70. The number of hydrogen-bond acceptors (Lipinski definition) is 5. The van der Waals surface area contributed by atoms with Crippen LogP contribution in [0.4, 0.5) is 0 Å². The van der Waals surface area contributed by atoms with Gasteiger partial charge in [-0.05, 0) is 75.1 Å². The highest BCUT2D eigenvalue weighted by Gasteiger charge is 2.27. The highest BCUT2D eigenvalue weighted by Crippen LogP contribution is 2.25. The molecule has 3 aromatic carbocycles. The number of carbonyl (C=O) groups excluding carboxylic acids is 2. The summed E-state index contributed by atoms with van der Waals surface area (Å²) in [6, 6.07) is 22.5. The second-order valence-electron chi connectivity index (χ2n) is 9.70. The van der Waals surface area contributed by atoms with Crippen LogP contribution in [0.2, 0.25) is 0 Å². The average molecular weight is 526 g/mol. The molecule has 39 heavy (non-hydrogen) atoms. The van der Waals surface area contributed by atoms with Crippen molar-refractivity contribution in [3.8, 4) is 5.69 Å². The Labute approximate surface area is 229 Å². The molecule has 0 fully saturated rings. The molecule has 7 heteroatoms. The van der Waals surface area contributed by atoms with Crippen LogP contribution in [0.3, 0.4) is 0 Å². The smallest absolute Gasteiger partial charge is 0.306 e. The Morgan fingerprint density at radius 1 is 0.949 bits per heavy atom. The minimum atomic E-state index is -0.540. The minimum Gasteiger partial charge on any atom is -0.466 e. The molecule has 1 unspecified atom stereocenters. The predicted molar refractivity (Wildman–Crippen MR) is 153 cm³/mol. The molecule has 1 atom stereocenters. The number of ether oxygens (including phenoxy) is 1. The van der Waals surface area contributed by atoms with Gasteiger partial charge in [-0.3, -0.25) is 19.0 Å². The van der Waals surface area contributed by atoms with Crippen LogP contribution in [0.15, 0.2) is 77.6 Å². The van der Waals surface area contributed by atoms with Crippen LogP contribution in [0.1, 0.15) is 55.2 Å². The van der Waals surface area contributed by atoms with Gasteiger partial charge in [-0.2, -0.15) is 0 Å². The summed E-state index contributed by atoms with van der Waals surface area (Å²) in [5.41, 5.74) is 4.35. The van der Waals surface area contributed by atoms with Gasteiger partial charge in [0.05, 0.1) is 35.7 Å². The van der Waals surface area contributed by atoms with E-state index >= 15 is 0 Å². The third kappa shape index (κ3) is 6.42. The van der Waals surface area contributed by atoms with Crippen LogP contribution >= 0.6 is 0 Å².